The summed E-state index contributed by atoms with van der Waals surface area (Å²) < 4.78 is 0. The van der Waals surface area contributed by atoms with Crippen LogP contribution in [0.25, 0.3) is 0 Å². The van der Waals surface area contributed by atoms with E-state index in [1.807, 2.05) is 0 Å². The van der Waals surface area contributed by atoms with Gasteiger partial charge in [0.1, 0.15) is 18.5 Å². The summed E-state index contributed by atoms with van der Waals surface area (Å²) in [6.45, 7) is 0.906. The highest BCUT2D eigenvalue weighted by molar-refractivity contribution is 5.82. The third-order valence-corrected chi connectivity index (χ3v) is 2.60. The second-order valence-electron chi connectivity index (χ2n) is 4.09. The molecule has 0 aliphatic carbocycles. The quantitative estimate of drug-likeness (QED) is 0.247. The number of nitrogens with one attached hydrogen (secondary N) is 1. The zero-order valence-corrected chi connectivity index (χ0v) is 10.3. The first kappa shape index (κ1) is 17.4. The number of aliphatic hydroxyl groups excluding tert-OH is 3. The van der Waals surface area contributed by atoms with Gasteiger partial charge >= 0.3 is 5.97 Å². The van der Waals surface area contributed by atoms with Gasteiger partial charge in [-0.2, -0.15) is 0 Å². The zero-order valence-electron chi connectivity index (χ0n) is 10.3. The molecule has 0 aromatic rings. The highest BCUT2D eigenvalue weighted by Gasteiger charge is 2.30. The lowest BCUT2D eigenvalue weighted by Gasteiger charge is -2.21. The normalized spacial score (nSPS) is 18.8. The standard InChI is InChI=1S/C10H18N2O7/c1-4(5(11)3-13)9(17)12-2-6(14)7(15)8(16)10(18)19/h3-8,14-16H,2,11H2,1H3,(H,12,17)(H,18,19)/t4?,5?,6-,7+,8+/m0/s1. The van der Waals surface area contributed by atoms with Gasteiger partial charge in [-0.1, -0.05) is 6.92 Å². The van der Waals surface area contributed by atoms with Gasteiger partial charge in [0.05, 0.1) is 12.0 Å². The van der Waals surface area contributed by atoms with Crippen molar-refractivity contribution in [2.75, 3.05) is 6.54 Å². The van der Waals surface area contributed by atoms with E-state index in [0.29, 0.717) is 6.29 Å². The van der Waals surface area contributed by atoms with Crippen molar-refractivity contribution in [2.24, 2.45) is 11.7 Å². The second-order valence-corrected chi connectivity index (χ2v) is 4.09. The Balaban J connectivity index is 4.29. The molecular weight excluding hydrogens is 260 g/mol. The van der Waals surface area contributed by atoms with Gasteiger partial charge in [0.2, 0.25) is 5.91 Å². The fourth-order valence-electron chi connectivity index (χ4n) is 1.14. The summed E-state index contributed by atoms with van der Waals surface area (Å²) in [7, 11) is 0. The maximum absolute atomic E-state index is 11.5. The van der Waals surface area contributed by atoms with E-state index in [0.717, 1.165) is 0 Å². The van der Waals surface area contributed by atoms with Crippen LogP contribution in [0.4, 0.5) is 0 Å². The van der Waals surface area contributed by atoms with Crippen LogP contribution in [0.5, 0.6) is 0 Å². The fourth-order valence-corrected chi connectivity index (χ4v) is 1.14. The first-order valence-corrected chi connectivity index (χ1v) is 5.48. The first-order valence-electron chi connectivity index (χ1n) is 5.48. The summed E-state index contributed by atoms with van der Waals surface area (Å²) >= 11 is 0. The Hall–Kier alpha value is -1.55. The third-order valence-electron chi connectivity index (χ3n) is 2.60. The van der Waals surface area contributed by atoms with E-state index in [4.69, 9.17) is 15.9 Å². The van der Waals surface area contributed by atoms with Crippen molar-refractivity contribution < 1.29 is 34.8 Å². The molecule has 0 radical (unpaired) electrons. The molecule has 5 atom stereocenters. The van der Waals surface area contributed by atoms with Crippen LogP contribution in [0.15, 0.2) is 0 Å². The molecule has 9 nitrogen and oxygen atoms in total. The molecular formula is C10H18N2O7. The smallest absolute Gasteiger partial charge is 0.335 e. The molecule has 0 aliphatic heterocycles. The molecule has 0 bridgehead atoms. The number of hydrogen-bond acceptors (Lipinski definition) is 7. The maximum atomic E-state index is 11.5. The number of nitrogens with two attached hydrogens (primary N) is 1. The molecule has 0 rings (SSSR count). The molecule has 0 saturated carbocycles. The predicted molar refractivity (Wildman–Crippen MR) is 61.9 cm³/mol. The molecule has 0 spiro atoms. The molecule has 1 amide bonds. The van der Waals surface area contributed by atoms with E-state index < -0.39 is 48.7 Å². The van der Waals surface area contributed by atoms with Crippen LogP contribution in [-0.2, 0) is 14.4 Å². The lowest BCUT2D eigenvalue weighted by molar-refractivity contribution is -0.157. The average Bonchev–Trinajstić information content (AvgIpc) is 2.40. The largest absolute Gasteiger partial charge is 0.479 e. The molecule has 0 aliphatic rings. The Kier molecular flexibility index (Phi) is 7.16. The van der Waals surface area contributed by atoms with Crippen LogP contribution < -0.4 is 11.1 Å². The topological polar surface area (TPSA) is 170 Å². The maximum Gasteiger partial charge on any atom is 0.335 e. The lowest BCUT2D eigenvalue weighted by atomic mass is 10.0. The van der Waals surface area contributed by atoms with Crippen LogP contribution >= 0.6 is 0 Å². The van der Waals surface area contributed by atoms with Crippen LogP contribution in [0, 0.1) is 5.92 Å². The lowest BCUT2D eigenvalue weighted by Crippen LogP contribution is -2.49. The average molecular weight is 278 g/mol. The second kappa shape index (κ2) is 7.79. The number of rotatable bonds is 8. The third kappa shape index (κ3) is 5.30. The number of aliphatic carboxylic acids is 1. The van der Waals surface area contributed by atoms with Crippen molar-refractivity contribution in [1.82, 2.24) is 5.32 Å². The van der Waals surface area contributed by atoms with Crippen molar-refractivity contribution in [1.29, 1.82) is 0 Å². The molecule has 0 aromatic carbocycles. The van der Waals surface area contributed by atoms with Crippen molar-refractivity contribution in [3.8, 4) is 0 Å². The van der Waals surface area contributed by atoms with Crippen LogP contribution in [-0.4, -0.2) is 69.5 Å². The first-order chi connectivity index (χ1) is 8.72. The zero-order chi connectivity index (χ0) is 15.2. The number of aliphatic hydroxyl groups is 3. The molecule has 9 heteroatoms. The van der Waals surface area contributed by atoms with E-state index in [2.05, 4.69) is 5.32 Å². The van der Waals surface area contributed by atoms with Gasteiger partial charge in [0.25, 0.3) is 0 Å². The number of carbonyl (C=O) groups is 3. The molecule has 0 fully saturated rings. The van der Waals surface area contributed by atoms with Crippen molar-refractivity contribution in [2.45, 2.75) is 31.3 Å². The highest BCUT2D eigenvalue weighted by Crippen LogP contribution is 2.02. The van der Waals surface area contributed by atoms with Crippen LogP contribution in [0.1, 0.15) is 6.92 Å². The molecule has 19 heavy (non-hydrogen) atoms. The van der Waals surface area contributed by atoms with Gasteiger partial charge in [0.15, 0.2) is 6.10 Å². The SMILES string of the molecule is CC(C(=O)NC[C@H](O)[C@@H](O)[C@@H](O)C(=O)O)C(N)C=O. The van der Waals surface area contributed by atoms with E-state index in [1.54, 1.807) is 0 Å². The predicted octanol–water partition coefficient (Wildman–Crippen LogP) is -3.57. The van der Waals surface area contributed by atoms with Gasteiger partial charge < -0.3 is 36.3 Å². The summed E-state index contributed by atoms with van der Waals surface area (Å²) in [5.41, 5.74) is 5.31. The van der Waals surface area contributed by atoms with Gasteiger partial charge in [-0.3, -0.25) is 4.79 Å². The van der Waals surface area contributed by atoms with E-state index >= 15 is 0 Å². The minimum atomic E-state index is -2.17. The fraction of sp³-hybridized carbons (Fsp3) is 0.700. The van der Waals surface area contributed by atoms with Gasteiger partial charge in [-0.05, 0) is 0 Å². The summed E-state index contributed by atoms with van der Waals surface area (Å²) in [6.07, 6.45) is -5.40. The number of carbonyl (C=O) groups excluding carboxylic acids is 2. The highest BCUT2D eigenvalue weighted by atomic mass is 16.4. The molecule has 2 unspecified atom stereocenters. The molecule has 110 valence electrons. The summed E-state index contributed by atoms with van der Waals surface area (Å²) in [5, 5.41) is 38.2. The van der Waals surface area contributed by atoms with Gasteiger partial charge in [-0.15, -0.1) is 0 Å². The van der Waals surface area contributed by atoms with Crippen molar-refractivity contribution in [3.63, 3.8) is 0 Å². The number of carboxylic acid groups (broad SMARTS) is 1. The minimum absolute atomic E-state index is 0.393. The van der Waals surface area contributed by atoms with Crippen LogP contribution in [0.2, 0.25) is 0 Å². The Morgan fingerprint density at radius 3 is 2.26 bits per heavy atom. The van der Waals surface area contributed by atoms with E-state index in [9.17, 15) is 24.6 Å². The monoisotopic (exact) mass is 278 g/mol. The minimum Gasteiger partial charge on any atom is -0.479 e. The number of hydrogen-bond donors (Lipinski definition) is 6. The van der Waals surface area contributed by atoms with Gasteiger partial charge in [-0.25, -0.2) is 4.79 Å². The molecule has 7 N–H and O–H groups in total. The van der Waals surface area contributed by atoms with E-state index in [-0.39, 0.29) is 0 Å². The van der Waals surface area contributed by atoms with E-state index in [1.165, 1.54) is 6.92 Å². The Labute approximate surface area is 109 Å². The Bertz CT molecular complexity index is 336. The summed E-state index contributed by atoms with van der Waals surface area (Å²) in [5.74, 6) is -3.18. The Morgan fingerprint density at radius 2 is 1.84 bits per heavy atom. The molecule has 0 aromatic heterocycles. The number of amides is 1. The van der Waals surface area contributed by atoms with Gasteiger partial charge in [0, 0.05) is 6.54 Å². The van der Waals surface area contributed by atoms with Crippen molar-refractivity contribution in [3.05, 3.63) is 0 Å². The van der Waals surface area contributed by atoms with Crippen molar-refractivity contribution >= 4 is 18.2 Å². The number of aldehydes is 1. The van der Waals surface area contributed by atoms with Crippen LogP contribution in [0.3, 0.4) is 0 Å². The summed E-state index contributed by atoms with van der Waals surface area (Å²) in [4.78, 5) is 32.2. The Morgan fingerprint density at radius 1 is 1.32 bits per heavy atom. The number of carboxylic acids is 1. The summed E-state index contributed by atoms with van der Waals surface area (Å²) in [6, 6.07) is -1.01. The molecule has 0 heterocycles. The molecule has 0 saturated heterocycles.